The zero-order valence-electron chi connectivity index (χ0n) is 11.9. The quantitative estimate of drug-likeness (QED) is 0.586. The highest BCUT2D eigenvalue weighted by Crippen LogP contribution is 2.56. The molecule has 10 heteroatoms. The number of nitrogens with zero attached hydrogens (tertiary/aromatic N) is 5. The maximum absolute atomic E-state index is 12.0. The van der Waals surface area contributed by atoms with Crippen LogP contribution in [0.5, 0.6) is 0 Å². The van der Waals surface area contributed by atoms with Gasteiger partial charge in [0.15, 0.2) is 5.82 Å². The van der Waals surface area contributed by atoms with Crippen molar-refractivity contribution >= 4 is 23.8 Å². The first kappa shape index (κ1) is 14.3. The number of carbonyl (C=O) groups is 2. The lowest BCUT2D eigenvalue weighted by Crippen LogP contribution is -2.65. The zero-order chi connectivity index (χ0) is 15.4. The van der Waals surface area contributed by atoms with Gasteiger partial charge < -0.3 is 15.4 Å². The van der Waals surface area contributed by atoms with Gasteiger partial charge in [-0.2, -0.15) is 0 Å². The fourth-order valence-corrected chi connectivity index (χ4v) is 4.31. The second kappa shape index (κ2) is 4.67. The van der Waals surface area contributed by atoms with Crippen molar-refractivity contribution in [3.8, 4) is 0 Å². The number of carbonyl (C=O) groups excluding carboxylic acids is 2. The lowest BCUT2D eigenvalue weighted by atomic mass is 9.95. The first-order valence-corrected chi connectivity index (χ1v) is 7.47. The van der Waals surface area contributed by atoms with Crippen molar-refractivity contribution in [2.24, 2.45) is 5.73 Å². The van der Waals surface area contributed by atoms with Gasteiger partial charge in [0.25, 0.3) is 0 Å². The fraction of sp³-hybridized carbons (Fsp3) is 0.727. The van der Waals surface area contributed by atoms with E-state index in [0.29, 0.717) is 5.82 Å². The molecule has 3 atom stereocenters. The summed E-state index contributed by atoms with van der Waals surface area (Å²) in [6.45, 7) is 5.87. The molecular weight excluding hydrogens is 296 g/mol. The van der Waals surface area contributed by atoms with Crippen LogP contribution in [0.25, 0.3) is 0 Å². The van der Waals surface area contributed by atoms with Gasteiger partial charge in [-0.05, 0) is 31.2 Å². The molecule has 2 saturated heterocycles. The lowest BCUT2D eigenvalue weighted by Gasteiger charge is -2.42. The molecule has 3 heterocycles. The van der Waals surface area contributed by atoms with Crippen LogP contribution in [0.2, 0.25) is 0 Å². The van der Waals surface area contributed by atoms with E-state index >= 15 is 0 Å². The van der Waals surface area contributed by atoms with E-state index in [1.54, 1.807) is 23.6 Å². The van der Waals surface area contributed by atoms with Crippen LogP contribution >= 0.6 is 11.8 Å². The van der Waals surface area contributed by atoms with Crippen molar-refractivity contribution in [2.75, 3.05) is 6.61 Å². The summed E-state index contributed by atoms with van der Waals surface area (Å²) in [5.74, 6) is 0.148. The highest BCUT2D eigenvalue weighted by atomic mass is 32.2. The molecule has 0 saturated carbocycles. The third-order valence-corrected chi connectivity index (χ3v) is 5.25. The molecule has 0 spiro atoms. The smallest absolute Gasteiger partial charge is 0.437 e. The van der Waals surface area contributed by atoms with Crippen LogP contribution in [0.15, 0.2) is 0 Å². The Morgan fingerprint density at radius 1 is 1.52 bits per heavy atom. The van der Waals surface area contributed by atoms with Crippen LogP contribution in [-0.4, -0.2) is 59.9 Å². The summed E-state index contributed by atoms with van der Waals surface area (Å²) >= 11 is 1.59. The molecule has 0 radical (unpaired) electrons. The molecule has 2 fully saturated rings. The van der Waals surface area contributed by atoms with Gasteiger partial charge in [-0.1, -0.05) is 0 Å². The number of β-lactam (4-membered cyclic amide) rings is 1. The minimum atomic E-state index is -0.654. The van der Waals surface area contributed by atoms with E-state index in [9.17, 15) is 9.59 Å². The van der Waals surface area contributed by atoms with E-state index in [4.69, 9.17) is 10.5 Å². The number of rotatable bonds is 2. The van der Waals surface area contributed by atoms with Crippen molar-refractivity contribution in [1.82, 2.24) is 25.1 Å². The predicted molar refractivity (Wildman–Crippen MR) is 73.3 cm³/mol. The Kier molecular flexibility index (Phi) is 3.17. The van der Waals surface area contributed by atoms with Crippen LogP contribution in [0.3, 0.4) is 0 Å². The van der Waals surface area contributed by atoms with Gasteiger partial charge in [0, 0.05) is 4.75 Å². The number of tetrazole rings is 1. The molecule has 2 aliphatic rings. The average Bonchev–Trinajstić information content (AvgIpc) is 2.99. The first-order valence-electron chi connectivity index (χ1n) is 6.59. The van der Waals surface area contributed by atoms with Gasteiger partial charge in [-0.25, -0.2) is 4.79 Å². The number of ether oxygens (including phenoxy) is 1. The fourth-order valence-electron chi connectivity index (χ4n) is 2.74. The molecule has 2 N–H and O–H groups in total. The van der Waals surface area contributed by atoms with Crippen LogP contribution in [-0.2, 0) is 9.53 Å². The normalized spacial score (nSPS) is 30.0. The summed E-state index contributed by atoms with van der Waals surface area (Å²) in [6.07, 6.45) is -0.654. The number of hydrogen-bond donors (Lipinski definition) is 1. The van der Waals surface area contributed by atoms with Crippen molar-refractivity contribution in [2.45, 2.75) is 43.0 Å². The van der Waals surface area contributed by atoms with Gasteiger partial charge in [0.2, 0.25) is 5.91 Å². The molecule has 1 aromatic rings. The third-order valence-electron chi connectivity index (χ3n) is 3.66. The molecule has 3 unspecified atom stereocenters. The molecule has 2 aliphatic heterocycles. The highest BCUT2D eigenvalue weighted by molar-refractivity contribution is 8.01. The van der Waals surface area contributed by atoms with Gasteiger partial charge in [0.05, 0.1) is 6.61 Å². The van der Waals surface area contributed by atoms with Crippen LogP contribution in [0.4, 0.5) is 4.79 Å². The molecule has 21 heavy (non-hydrogen) atoms. The van der Waals surface area contributed by atoms with E-state index in [0.717, 1.165) is 4.68 Å². The molecule has 0 bridgehead atoms. The largest absolute Gasteiger partial charge is 0.448 e. The highest BCUT2D eigenvalue weighted by Gasteiger charge is 2.62. The lowest BCUT2D eigenvalue weighted by molar-refractivity contribution is -0.147. The number of fused-ring (bicyclic) bond motifs is 1. The Bertz CT molecular complexity index is 603. The minimum absolute atomic E-state index is 0.107. The molecule has 114 valence electrons. The number of hydrogen-bond acceptors (Lipinski definition) is 8. The summed E-state index contributed by atoms with van der Waals surface area (Å²) in [5.41, 5.74) is 5.83. The standard InChI is InChI=1S/C11H16N6O3S/c1-4-20-10(19)17-7(13-14-15-17)6-11(2,3)21-9-5(12)8(18)16(6)9/h5-6,9H,4,12H2,1-3H3. The molecule has 1 amide bonds. The second-order valence-corrected chi connectivity index (χ2v) is 7.20. The van der Waals surface area contributed by atoms with E-state index in [1.165, 1.54) is 0 Å². The van der Waals surface area contributed by atoms with Gasteiger partial charge >= 0.3 is 6.09 Å². The van der Waals surface area contributed by atoms with Crippen molar-refractivity contribution in [1.29, 1.82) is 0 Å². The Balaban J connectivity index is 1.98. The molecule has 1 aromatic heterocycles. The maximum Gasteiger partial charge on any atom is 0.437 e. The molecule has 0 aromatic carbocycles. The molecule has 3 rings (SSSR count). The average molecular weight is 312 g/mol. The minimum Gasteiger partial charge on any atom is -0.448 e. The summed E-state index contributed by atoms with van der Waals surface area (Å²) in [6, 6.07) is -0.926. The van der Waals surface area contributed by atoms with E-state index < -0.39 is 18.2 Å². The van der Waals surface area contributed by atoms with E-state index in [1.807, 2.05) is 13.8 Å². The van der Waals surface area contributed by atoms with E-state index in [2.05, 4.69) is 15.5 Å². The summed E-state index contributed by atoms with van der Waals surface area (Å²) in [4.78, 5) is 25.6. The van der Waals surface area contributed by atoms with Gasteiger partial charge in [0.1, 0.15) is 17.5 Å². The van der Waals surface area contributed by atoms with Crippen molar-refractivity contribution < 1.29 is 14.3 Å². The topological polar surface area (TPSA) is 116 Å². The van der Waals surface area contributed by atoms with Gasteiger partial charge in [-0.15, -0.1) is 21.5 Å². The Morgan fingerprint density at radius 3 is 2.90 bits per heavy atom. The number of aromatic nitrogens is 4. The maximum atomic E-state index is 12.0. The summed E-state index contributed by atoms with van der Waals surface area (Å²) in [7, 11) is 0. The zero-order valence-corrected chi connectivity index (χ0v) is 12.7. The second-order valence-electron chi connectivity index (χ2n) is 5.43. The Morgan fingerprint density at radius 2 is 2.24 bits per heavy atom. The van der Waals surface area contributed by atoms with Crippen LogP contribution < -0.4 is 5.73 Å². The first-order chi connectivity index (χ1) is 9.88. The van der Waals surface area contributed by atoms with Gasteiger partial charge in [-0.3, -0.25) is 4.79 Å². The summed E-state index contributed by atoms with van der Waals surface area (Å²) < 4.78 is 5.59. The predicted octanol–water partition coefficient (Wildman–Crippen LogP) is -0.260. The van der Waals surface area contributed by atoms with Crippen LogP contribution in [0.1, 0.15) is 32.6 Å². The van der Waals surface area contributed by atoms with E-state index in [-0.39, 0.29) is 22.6 Å². The molecule has 0 aliphatic carbocycles. The third kappa shape index (κ3) is 1.93. The SMILES string of the molecule is CCOC(=O)n1nnnc1C1N2C(=O)C(N)C2SC1(C)C. The Hall–Kier alpha value is -1.68. The Labute approximate surface area is 125 Å². The molecular formula is C11H16N6O3S. The number of amides is 1. The summed E-state index contributed by atoms with van der Waals surface area (Å²) in [5, 5.41) is 11.0. The number of thioether (sulfide) groups is 1. The van der Waals surface area contributed by atoms with Crippen molar-refractivity contribution in [3.05, 3.63) is 5.82 Å². The monoisotopic (exact) mass is 312 g/mol. The van der Waals surface area contributed by atoms with Crippen LogP contribution in [0, 0.1) is 0 Å². The number of nitrogens with two attached hydrogens (primary N) is 1. The molecule has 9 nitrogen and oxygen atoms in total. The van der Waals surface area contributed by atoms with Crippen molar-refractivity contribution in [3.63, 3.8) is 0 Å².